The second-order valence-electron chi connectivity index (χ2n) is 12.9. The Bertz CT molecular complexity index is 2110. The van der Waals surface area contributed by atoms with E-state index in [1.807, 2.05) is 41.7 Å². The fraction of sp³-hybridized carbons (Fsp3) is 0.353. The van der Waals surface area contributed by atoms with Crippen molar-refractivity contribution >= 4 is 28.0 Å². The third kappa shape index (κ3) is 4.38. The highest BCUT2D eigenvalue weighted by molar-refractivity contribution is 6.00. The van der Waals surface area contributed by atoms with E-state index in [2.05, 4.69) is 36.3 Å². The minimum atomic E-state index is -0.0174. The standard InChI is InChI=1S/C34H34N10O2/c1-46-28-13-24(34(45)42-19-23-6-7-26(42)30(23)35)11-25-31(28)43(17-21-14-39-44(18-21)29-15-36-9-10-37-29)33(40-25)27-12-22-3-2-8-38-32(22)41(27)16-20-4-5-20/h2-3,8-15,18,20,23,26,30H,4-7,16-17,19,35H2,1H3/t23?,26?,30-/m1/s1. The van der Waals surface area contributed by atoms with Crippen LogP contribution in [0.1, 0.15) is 41.6 Å². The van der Waals surface area contributed by atoms with Gasteiger partial charge in [0.1, 0.15) is 16.9 Å². The molecule has 46 heavy (non-hydrogen) atoms. The van der Waals surface area contributed by atoms with E-state index < -0.39 is 0 Å². The van der Waals surface area contributed by atoms with E-state index in [1.54, 1.807) is 30.4 Å². The summed E-state index contributed by atoms with van der Waals surface area (Å²) in [7, 11) is 1.65. The van der Waals surface area contributed by atoms with Crippen LogP contribution in [-0.4, -0.2) is 75.4 Å². The topological polar surface area (TPSA) is 135 Å². The van der Waals surface area contributed by atoms with Gasteiger partial charge in [0.15, 0.2) is 11.6 Å². The lowest BCUT2D eigenvalue weighted by Gasteiger charge is -2.27. The molecular weight excluding hydrogens is 580 g/mol. The van der Waals surface area contributed by atoms with Crippen LogP contribution < -0.4 is 10.5 Å². The number of pyridine rings is 1. The summed E-state index contributed by atoms with van der Waals surface area (Å²) in [5.74, 6) is 2.99. The summed E-state index contributed by atoms with van der Waals surface area (Å²) in [5.41, 5.74) is 11.4. The molecule has 0 radical (unpaired) electrons. The number of fused-ring (bicyclic) bond motifs is 4. The zero-order valence-corrected chi connectivity index (χ0v) is 25.5. The van der Waals surface area contributed by atoms with Gasteiger partial charge in [-0.05, 0) is 67.9 Å². The maximum atomic E-state index is 13.9. The molecule has 2 unspecified atom stereocenters. The van der Waals surface area contributed by atoms with Gasteiger partial charge in [-0.3, -0.25) is 9.78 Å². The van der Waals surface area contributed by atoms with Gasteiger partial charge in [0, 0.05) is 66.5 Å². The van der Waals surface area contributed by atoms with E-state index in [-0.39, 0.29) is 18.0 Å². The maximum Gasteiger partial charge on any atom is 0.254 e. The van der Waals surface area contributed by atoms with Crippen LogP contribution in [0.4, 0.5) is 0 Å². The van der Waals surface area contributed by atoms with Crippen molar-refractivity contribution in [3.8, 4) is 23.1 Å². The molecule has 2 aliphatic carbocycles. The number of piperidine rings is 1. The molecule has 1 amide bonds. The average Bonchev–Trinajstić information content (AvgIpc) is 3.40. The van der Waals surface area contributed by atoms with Crippen LogP contribution in [0.3, 0.4) is 0 Å². The predicted molar refractivity (Wildman–Crippen MR) is 172 cm³/mol. The summed E-state index contributed by atoms with van der Waals surface area (Å²) in [5, 5.41) is 5.64. The lowest BCUT2D eigenvalue weighted by atomic mass is 10.1. The van der Waals surface area contributed by atoms with Crippen LogP contribution >= 0.6 is 0 Å². The Morgan fingerprint density at radius 2 is 1.96 bits per heavy atom. The number of benzene rings is 1. The van der Waals surface area contributed by atoms with Crippen LogP contribution in [0.15, 0.2) is 67.5 Å². The van der Waals surface area contributed by atoms with E-state index >= 15 is 0 Å². The van der Waals surface area contributed by atoms with Crippen molar-refractivity contribution in [1.82, 2.24) is 43.8 Å². The third-order valence-electron chi connectivity index (χ3n) is 9.97. The fourth-order valence-corrected chi connectivity index (χ4v) is 7.48. The SMILES string of the molecule is COc1cc(C(=O)N2CC3CCC2[C@@H]3N)cc2nc(-c3cc4cccnc4n3CC3CC3)n(Cc3cnn(-c4cnccn4)c3)c12. The fourth-order valence-electron chi connectivity index (χ4n) is 7.48. The molecule has 1 aliphatic heterocycles. The molecule has 2 saturated carbocycles. The van der Waals surface area contributed by atoms with E-state index in [1.165, 1.54) is 12.8 Å². The number of ether oxygens (including phenoxy) is 1. The first kappa shape index (κ1) is 27.2. The molecule has 3 aliphatic rings. The zero-order chi connectivity index (χ0) is 30.9. The van der Waals surface area contributed by atoms with E-state index in [9.17, 15) is 4.79 Å². The zero-order valence-electron chi connectivity index (χ0n) is 25.5. The quantitative estimate of drug-likeness (QED) is 0.271. The normalized spacial score (nSPS) is 20.7. The summed E-state index contributed by atoms with van der Waals surface area (Å²) in [4.78, 5) is 34.5. The smallest absolute Gasteiger partial charge is 0.254 e. The number of nitrogens with zero attached hydrogens (tertiary/aromatic N) is 9. The molecule has 2 bridgehead atoms. The second-order valence-corrected chi connectivity index (χ2v) is 12.9. The van der Waals surface area contributed by atoms with Crippen LogP contribution in [0, 0.1) is 11.8 Å². The highest BCUT2D eigenvalue weighted by atomic mass is 16.5. The number of likely N-dealkylation sites (tertiary alicyclic amines) is 1. The first-order valence-corrected chi connectivity index (χ1v) is 15.9. The summed E-state index contributed by atoms with van der Waals surface area (Å²) >= 11 is 0. The molecule has 12 nitrogen and oxygen atoms in total. The van der Waals surface area contributed by atoms with Gasteiger partial charge in [-0.25, -0.2) is 19.6 Å². The number of aromatic nitrogens is 8. The second kappa shape index (κ2) is 10.5. The molecule has 5 aromatic heterocycles. The number of imidazole rings is 1. The monoisotopic (exact) mass is 614 g/mol. The van der Waals surface area contributed by atoms with Gasteiger partial charge >= 0.3 is 0 Å². The number of methoxy groups -OCH3 is 1. The third-order valence-corrected chi connectivity index (χ3v) is 9.97. The number of hydrogen-bond acceptors (Lipinski definition) is 8. The molecule has 232 valence electrons. The molecule has 2 N–H and O–H groups in total. The average molecular weight is 615 g/mol. The predicted octanol–water partition coefficient (Wildman–Crippen LogP) is 4.06. The van der Waals surface area contributed by atoms with E-state index in [0.717, 1.165) is 53.0 Å². The molecular formula is C34H34N10O2. The molecule has 0 spiro atoms. The Morgan fingerprint density at radius 1 is 1.04 bits per heavy atom. The van der Waals surface area contributed by atoms with Crippen molar-refractivity contribution < 1.29 is 9.53 Å². The van der Waals surface area contributed by atoms with E-state index in [4.69, 9.17) is 20.4 Å². The van der Waals surface area contributed by atoms with E-state index in [0.29, 0.717) is 47.6 Å². The van der Waals surface area contributed by atoms with Crippen LogP contribution in [0.25, 0.3) is 39.4 Å². The van der Waals surface area contributed by atoms with Gasteiger partial charge in [0.25, 0.3) is 5.91 Å². The Kier molecular flexibility index (Phi) is 6.20. The van der Waals surface area contributed by atoms with Crippen LogP contribution in [0.5, 0.6) is 5.75 Å². The highest BCUT2D eigenvalue weighted by Crippen LogP contribution is 2.40. The molecule has 6 heterocycles. The Balaban J connectivity index is 1.20. The minimum Gasteiger partial charge on any atom is -0.494 e. The van der Waals surface area contributed by atoms with Gasteiger partial charge in [-0.2, -0.15) is 5.10 Å². The largest absolute Gasteiger partial charge is 0.494 e. The van der Waals surface area contributed by atoms with Gasteiger partial charge < -0.3 is 24.5 Å². The Morgan fingerprint density at radius 3 is 2.72 bits per heavy atom. The van der Waals surface area contributed by atoms with Crippen molar-refractivity contribution in [2.24, 2.45) is 17.6 Å². The molecule has 9 rings (SSSR count). The summed E-state index contributed by atoms with van der Waals surface area (Å²) in [6.45, 7) is 2.05. The maximum absolute atomic E-state index is 13.9. The van der Waals surface area contributed by atoms with Crippen LogP contribution in [-0.2, 0) is 13.1 Å². The number of carbonyl (C=O) groups excluding carboxylic acids is 1. The lowest BCUT2D eigenvalue weighted by molar-refractivity contribution is 0.0700. The minimum absolute atomic E-state index is 0.0174. The summed E-state index contributed by atoms with van der Waals surface area (Å²) in [6.07, 6.45) is 15.1. The highest BCUT2D eigenvalue weighted by Gasteiger charge is 2.47. The molecule has 3 atom stereocenters. The van der Waals surface area contributed by atoms with Crippen molar-refractivity contribution in [3.63, 3.8) is 0 Å². The number of rotatable bonds is 8. The van der Waals surface area contributed by atoms with Crippen LogP contribution in [0.2, 0.25) is 0 Å². The van der Waals surface area contributed by atoms with Gasteiger partial charge in [-0.1, -0.05) is 0 Å². The van der Waals surface area contributed by atoms with Crippen molar-refractivity contribution in [2.45, 2.75) is 50.9 Å². The van der Waals surface area contributed by atoms with Gasteiger partial charge in [-0.15, -0.1) is 0 Å². The molecule has 12 heteroatoms. The van der Waals surface area contributed by atoms with Gasteiger partial charge in [0.05, 0.1) is 37.3 Å². The molecule has 1 aromatic carbocycles. The lowest BCUT2D eigenvalue weighted by Crippen LogP contribution is -2.41. The molecule has 1 saturated heterocycles. The number of carbonyl (C=O) groups is 1. The first-order valence-electron chi connectivity index (χ1n) is 15.9. The van der Waals surface area contributed by atoms with Crippen molar-refractivity contribution in [2.75, 3.05) is 13.7 Å². The van der Waals surface area contributed by atoms with Crippen molar-refractivity contribution in [1.29, 1.82) is 0 Å². The number of nitrogens with two attached hydrogens (primary N) is 1. The summed E-state index contributed by atoms with van der Waals surface area (Å²) < 4.78 is 12.2. The number of hydrogen-bond donors (Lipinski definition) is 1. The first-order chi connectivity index (χ1) is 22.6. The summed E-state index contributed by atoms with van der Waals surface area (Å²) in [6, 6.07) is 10.1. The Hall–Kier alpha value is -5.10. The molecule has 3 fully saturated rings. The number of amides is 1. The Labute approximate surface area is 264 Å². The molecule has 6 aromatic rings. The van der Waals surface area contributed by atoms with Crippen molar-refractivity contribution in [3.05, 3.63) is 78.6 Å². The van der Waals surface area contributed by atoms with Gasteiger partial charge in [0.2, 0.25) is 0 Å².